The molecule has 1 aliphatic carbocycles. The van der Waals surface area contributed by atoms with Crippen molar-refractivity contribution in [2.24, 2.45) is 17.3 Å². The summed E-state index contributed by atoms with van der Waals surface area (Å²) in [6, 6.07) is 6.75. The Balaban J connectivity index is 1.58. The number of rotatable bonds is 3. The Morgan fingerprint density at radius 3 is 2.68 bits per heavy atom. The Labute approximate surface area is 175 Å². The fraction of sp³-hybridized carbons (Fsp3) is 0.364. The number of alkyl halides is 3. The Morgan fingerprint density at radius 2 is 2.00 bits per heavy atom. The molecule has 1 aliphatic heterocycles. The summed E-state index contributed by atoms with van der Waals surface area (Å²) in [5.41, 5.74) is 0.139. The summed E-state index contributed by atoms with van der Waals surface area (Å²) >= 11 is 0. The average molecular weight is 425 g/mol. The van der Waals surface area contributed by atoms with E-state index in [-0.39, 0.29) is 17.7 Å². The highest BCUT2D eigenvalue weighted by molar-refractivity contribution is 6.05. The van der Waals surface area contributed by atoms with Gasteiger partial charge in [-0.2, -0.15) is 23.5 Å². The molecule has 1 saturated carbocycles. The molecule has 0 bridgehead atoms. The molecule has 2 fully saturated rings. The van der Waals surface area contributed by atoms with E-state index in [4.69, 9.17) is 0 Å². The van der Waals surface area contributed by atoms with E-state index in [1.54, 1.807) is 23.2 Å². The number of amides is 1. The van der Waals surface area contributed by atoms with Gasteiger partial charge in [0, 0.05) is 48.4 Å². The van der Waals surface area contributed by atoms with Crippen LogP contribution in [0.15, 0.2) is 43.0 Å². The number of anilines is 1. The molecule has 5 rings (SSSR count). The van der Waals surface area contributed by atoms with Gasteiger partial charge in [-0.05, 0) is 37.0 Å². The molecule has 0 radical (unpaired) electrons. The number of nitriles is 1. The first-order chi connectivity index (χ1) is 14.8. The molecule has 158 valence electrons. The van der Waals surface area contributed by atoms with Gasteiger partial charge in [-0.15, -0.1) is 0 Å². The van der Waals surface area contributed by atoms with Crippen LogP contribution in [-0.4, -0.2) is 27.0 Å². The quantitative estimate of drug-likeness (QED) is 0.627. The molecule has 9 heteroatoms. The summed E-state index contributed by atoms with van der Waals surface area (Å²) in [4.78, 5) is 18.7. The lowest BCUT2D eigenvalue weighted by Crippen LogP contribution is -2.37. The van der Waals surface area contributed by atoms with E-state index in [1.165, 1.54) is 16.9 Å². The maximum Gasteiger partial charge on any atom is 0.417 e. The fourth-order valence-electron chi connectivity index (χ4n) is 4.65. The standard InChI is InChI=1S/C22H18F3N5O/c1-13-10-29(20(31)21(13,12-26)16-2-3-16)18-4-5-28-30-11-15(7-19(18)30)14-6-17(9-27-8-14)22(23,24)25/h4-9,11,13,16H,2-3,10H2,1H3/t13-,21+/m1/s1. The van der Waals surface area contributed by atoms with Gasteiger partial charge in [0.25, 0.3) is 0 Å². The number of halogens is 3. The summed E-state index contributed by atoms with van der Waals surface area (Å²) in [7, 11) is 0. The molecule has 4 heterocycles. The Hall–Kier alpha value is -3.41. The molecule has 2 aliphatic rings. The maximum absolute atomic E-state index is 13.4. The summed E-state index contributed by atoms with van der Waals surface area (Å²) in [5.74, 6) is -0.240. The molecule has 0 N–H and O–H groups in total. The van der Waals surface area contributed by atoms with Crippen molar-refractivity contribution < 1.29 is 18.0 Å². The molecule has 0 unspecified atom stereocenters. The van der Waals surface area contributed by atoms with Crippen LogP contribution in [0.4, 0.5) is 18.9 Å². The molecule has 0 aromatic carbocycles. The summed E-state index contributed by atoms with van der Waals surface area (Å²) in [6.45, 7) is 2.34. The third kappa shape index (κ3) is 2.89. The normalized spacial score (nSPS) is 24.0. The lowest BCUT2D eigenvalue weighted by atomic mass is 9.75. The van der Waals surface area contributed by atoms with Crippen molar-refractivity contribution >= 4 is 17.1 Å². The van der Waals surface area contributed by atoms with E-state index in [2.05, 4.69) is 16.2 Å². The minimum absolute atomic E-state index is 0.0846. The second-order valence-corrected chi connectivity index (χ2v) is 8.31. The van der Waals surface area contributed by atoms with Crippen LogP contribution in [0.3, 0.4) is 0 Å². The van der Waals surface area contributed by atoms with Gasteiger partial charge < -0.3 is 4.90 Å². The molecule has 1 amide bonds. The monoisotopic (exact) mass is 425 g/mol. The Morgan fingerprint density at radius 1 is 1.23 bits per heavy atom. The predicted octanol–water partition coefficient (Wildman–Crippen LogP) is 4.32. The van der Waals surface area contributed by atoms with Crippen LogP contribution in [0.2, 0.25) is 0 Å². The first kappa shape index (κ1) is 19.5. The minimum atomic E-state index is -4.49. The molecule has 3 aromatic heterocycles. The molecular weight excluding hydrogens is 407 g/mol. The zero-order valence-corrected chi connectivity index (χ0v) is 16.6. The van der Waals surface area contributed by atoms with E-state index < -0.39 is 17.2 Å². The second-order valence-electron chi connectivity index (χ2n) is 8.31. The van der Waals surface area contributed by atoms with Crippen molar-refractivity contribution in [1.82, 2.24) is 14.6 Å². The molecule has 6 nitrogen and oxygen atoms in total. The van der Waals surface area contributed by atoms with Gasteiger partial charge in [0.1, 0.15) is 5.41 Å². The number of pyridine rings is 1. The van der Waals surface area contributed by atoms with Crippen LogP contribution in [0.1, 0.15) is 25.3 Å². The van der Waals surface area contributed by atoms with E-state index >= 15 is 0 Å². The van der Waals surface area contributed by atoms with Crippen LogP contribution >= 0.6 is 0 Å². The van der Waals surface area contributed by atoms with Crippen molar-refractivity contribution in [3.05, 3.63) is 48.5 Å². The van der Waals surface area contributed by atoms with Gasteiger partial charge in [-0.25, -0.2) is 4.52 Å². The van der Waals surface area contributed by atoms with Gasteiger partial charge in [-0.1, -0.05) is 6.92 Å². The van der Waals surface area contributed by atoms with Gasteiger partial charge in [0.2, 0.25) is 5.91 Å². The Kier molecular flexibility index (Phi) is 4.13. The number of carbonyl (C=O) groups is 1. The van der Waals surface area contributed by atoms with Crippen molar-refractivity contribution in [2.75, 3.05) is 11.4 Å². The fourth-order valence-corrected chi connectivity index (χ4v) is 4.65. The van der Waals surface area contributed by atoms with Gasteiger partial charge >= 0.3 is 6.18 Å². The topological polar surface area (TPSA) is 74.3 Å². The lowest BCUT2D eigenvalue weighted by molar-refractivity contribution is -0.137. The van der Waals surface area contributed by atoms with E-state index in [0.29, 0.717) is 28.9 Å². The summed E-state index contributed by atoms with van der Waals surface area (Å²) in [5, 5.41) is 14.1. The summed E-state index contributed by atoms with van der Waals surface area (Å²) < 4.78 is 40.8. The number of aromatic nitrogens is 3. The van der Waals surface area contributed by atoms with Crippen molar-refractivity contribution in [1.29, 1.82) is 5.26 Å². The largest absolute Gasteiger partial charge is 0.417 e. The number of hydrogen-bond donors (Lipinski definition) is 0. The van der Waals surface area contributed by atoms with Gasteiger partial charge in [0.15, 0.2) is 0 Å². The molecular formula is C22H18F3N5O. The zero-order chi connectivity index (χ0) is 22.0. The number of carbonyl (C=O) groups excluding carboxylic acids is 1. The van der Waals surface area contributed by atoms with Crippen molar-refractivity contribution in [2.45, 2.75) is 25.9 Å². The third-order valence-electron chi connectivity index (χ3n) is 6.42. The molecule has 31 heavy (non-hydrogen) atoms. The highest BCUT2D eigenvalue weighted by Gasteiger charge is 2.61. The molecule has 3 aromatic rings. The Bertz CT molecular complexity index is 1240. The average Bonchev–Trinajstić information content (AvgIpc) is 3.43. The molecule has 2 atom stereocenters. The lowest BCUT2D eigenvalue weighted by Gasteiger charge is -2.23. The second kappa shape index (κ2) is 6.54. The first-order valence-electron chi connectivity index (χ1n) is 9.99. The van der Waals surface area contributed by atoms with Gasteiger partial charge in [0.05, 0.1) is 22.8 Å². The zero-order valence-electron chi connectivity index (χ0n) is 16.6. The highest BCUT2D eigenvalue weighted by atomic mass is 19.4. The number of nitrogens with zero attached hydrogens (tertiary/aromatic N) is 5. The molecule has 1 saturated heterocycles. The molecule has 0 spiro atoms. The SMILES string of the molecule is C[C@@H]1CN(c2ccnn3cc(-c4cncc(C(F)(F)F)c4)cc23)C(=O)[C@]1(C#N)C1CC1. The first-order valence-corrected chi connectivity index (χ1v) is 9.99. The minimum Gasteiger partial charge on any atom is -0.309 e. The maximum atomic E-state index is 13.4. The summed E-state index contributed by atoms with van der Waals surface area (Å²) in [6.07, 6.45) is 2.55. The smallest absolute Gasteiger partial charge is 0.309 e. The number of hydrogen-bond acceptors (Lipinski definition) is 4. The predicted molar refractivity (Wildman–Crippen MR) is 106 cm³/mol. The third-order valence-corrected chi connectivity index (χ3v) is 6.42. The van der Waals surface area contributed by atoms with Crippen LogP contribution < -0.4 is 4.90 Å². The van der Waals surface area contributed by atoms with Crippen LogP contribution in [0.25, 0.3) is 16.6 Å². The van der Waals surface area contributed by atoms with Crippen molar-refractivity contribution in [3.8, 4) is 17.2 Å². The van der Waals surface area contributed by atoms with Crippen LogP contribution in [0, 0.1) is 28.6 Å². The van der Waals surface area contributed by atoms with Crippen LogP contribution in [0.5, 0.6) is 0 Å². The number of fused-ring (bicyclic) bond motifs is 1. The van der Waals surface area contributed by atoms with Crippen LogP contribution in [-0.2, 0) is 11.0 Å². The van der Waals surface area contributed by atoms with E-state index in [1.807, 2.05) is 6.92 Å². The highest BCUT2D eigenvalue weighted by Crippen LogP contribution is 2.54. The van der Waals surface area contributed by atoms with Gasteiger partial charge in [-0.3, -0.25) is 9.78 Å². The van der Waals surface area contributed by atoms with E-state index in [0.717, 1.165) is 25.1 Å². The van der Waals surface area contributed by atoms with Crippen molar-refractivity contribution in [3.63, 3.8) is 0 Å². The van der Waals surface area contributed by atoms with E-state index in [9.17, 15) is 23.2 Å².